The van der Waals surface area contributed by atoms with Crippen molar-refractivity contribution < 1.29 is 10.0 Å². The minimum atomic E-state index is -0.497. The van der Waals surface area contributed by atoms with Gasteiger partial charge in [0.25, 0.3) is 0 Å². The normalized spacial score (nSPS) is 33.5. The van der Waals surface area contributed by atoms with Crippen LogP contribution in [0.2, 0.25) is 0 Å². The number of carbonyl (C=O) groups is 1. The topological polar surface area (TPSA) is 40.5 Å². The molecule has 0 radical (unpaired) electrons. The van der Waals surface area contributed by atoms with Crippen molar-refractivity contribution in [1.82, 2.24) is 5.06 Å². The van der Waals surface area contributed by atoms with Gasteiger partial charge in [-0.2, -0.15) is 0 Å². The second kappa shape index (κ2) is 3.34. The zero-order chi connectivity index (χ0) is 11.2. The molecule has 3 atom stereocenters. The van der Waals surface area contributed by atoms with Crippen LogP contribution in [0.15, 0.2) is 12.2 Å². The van der Waals surface area contributed by atoms with Gasteiger partial charge in [0.05, 0.1) is 5.54 Å². The van der Waals surface area contributed by atoms with Crippen LogP contribution in [-0.4, -0.2) is 21.7 Å². The van der Waals surface area contributed by atoms with Crippen LogP contribution in [0.4, 0.5) is 0 Å². The van der Waals surface area contributed by atoms with Crippen molar-refractivity contribution in [3.05, 3.63) is 12.2 Å². The summed E-state index contributed by atoms with van der Waals surface area (Å²) in [5.74, 6) is 0.820. The molecule has 1 N–H and O–H groups in total. The summed E-state index contributed by atoms with van der Waals surface area (Å²) in [5.41, 5.74) is -0.497. The number of rotatable bonds is 1. The van der Waals surface area contributed by atoms with Gasteiger partial charge in [0.15, 0.2) is 0 Å². The van der Waals surface area contributed by atoms with Gasteiger partial charge in [-0.05, 0) is 45.4 Å². The molecule has 84 valence electrons. The number of amides is 1. The minimum absolute atomic E-state index is 0.00391. The van der Waals surface area contributed by atoms with E-state index < -0.39 is 5.54 Å². The van der Waals surface area contributed by atoms with Gasteiger partial charge in [-0.1, -0.05) is 12.2 Å². The molecule has 2 aliphatic rings. The predicted octanol–water partition coefficient (Wildman–Crippen LogP) is 2.21. The van der Waals surface area contributed by atoms with Crippen LogP contribution in [0, 0.1) is 17.8 Å². The van der Waals surface area contributed by atoms with Crippen molar-refractivity contribution in [3.8, 4) is 0 Å². The second-order valence-corrected chi connectivity index (χ2v) is 5.71. The third kappa shape index (κ3) is 1.81. The predicted molar refractivity (Wildman–Crippen MR) is 57.2 cm³/mol. The molecule has 0 spiro atoms. The van der Waals surface area contributed by atoms with Crippen molar-refractivity contribution in [2.24, 2.45) is 17.8 Å². The van der Waals surface area contributed by atoms with Gasteiger partial charge in [0, 0.05) is 5.92 Å². The van der Waals surface area contributed by atoms with E-state index in [2.05, 4.69) is 12.2 Å². The number of carbonyl (C=O) groups excluding carboxylic acids is 1. The van der Waals surface area contributed by atoms with Crippen LogP contribution in [0.3, 0.4) is 0 Å². The maximum absolute atomic E-state index is 12.0. The van der Waals surface area contributed by atoms with Crippen LogP contribution < -0.4 is 0 Å². The Labute approximate surface area is 90.7 Å². The molecule has 1 amide bonds. The maximum Gasteiger partial charge on any atom is 0.250 e. The molecule has 0 aromatic heterocycles. The Morgan fingerprint density at radius 1 is 1.33 bits per heavy atom. The zero-order valence-corrected chi connectivity index (χ0v) is 9.60. The van der Waals surface area contributed by atoms with E-state index in [1.807, 2.05) is 20.8 Å². The highest BCUT2D eigenvalue weighted by Gasteiger charge is 2.43. The van der Waals surface area contributed by atoms with Gasteiger partial charge in [-0.3, -0.25) is 10.0 Å². The highest BCUT2D eigenvalue weighted by molar-refractivity contribution is 5.79. The minimum Gasteiger partial charge on any atom is -0.285 e. The highest BCUT2D eigenvalue weighted by Crippen LogP contribution is 2.44. The summed E-state index contributed by atoms with van der Waals surface area (Å²) in [6.45, 7) is 5.52. The van der Waals surface area contributed by atoms with Gasteiger partial charge < -0.3 is 0 Å². The van der Waals surface area contributed by atoms with Crippen molar-refractivity contribution >= 4 is 5.91 Å². The Morgan fingerprint density at radius 2 is 2.00 bits per heavy atom. The summed E-state index contributed by atoms with van der Waals surface area (Å²) in [6, 6.07) is 0. The Morgan fingerprint density at radius 3 is 2.40 bits per heavy atom. The van der Waals surface area contributed by atoms with Gasteiger partial charge in [-0.25, -0.2) is 5.06 Å². The number of hydroxylamine groups is 2. The molecule has 2 aliphatic carbocycles. The first kappa shape index (κ1) is 10.7. The Kier molecular flexibility index (Phi) is 2.38. The molecule has 0 heterocycles. The number of fused-ring (bicyclic) bond motifs is 2. The summed E-state index contributed by atoms with van der Waals surface area (Å²) in [7, 11) is 0. The molecule has 2 bridgehead atoms. The lowest BCUT2D eigenvalue weighted by molar-refractivity contribution is -0.192. The molecule has 3 nitrogen and oxygen atoms in total. The highest BCUT2D eigenvalue weighted by atomic mass is 16.5. The molecular formula is C12H19NO2. The lowest BCUT2D eigenvalue weighted by Crippen LogP contribution is -2.46. The van der Waals surface area contributed by atoms with E-state index in [1.54, 1.807) is 0 Å². The molecule has 0 aromatic rings. The number of nitrogens with zero attached hydrogens (tertiary/aromatic N) is 1. The van der Waals surface area contributed by atoms with Crippen LogP contribution >= 0.6 is 0 Å². The molecule has 1 fully saturated rings. The molecule has 0 saturated heterocycles. The number of hydrogen-bond acceptors (Lipinski definition) is 2. The third-order valence-corrected chi connectivity index (χ3v) is 3.44. The molecule has 15 heavy (non-hydrogen) atoms. The quantitative estimate of drug-likeness (QED) is 0.408. The van der Waals surface area contributed by atoms with E-state index in [1.165, 1.54) is 0 Å². The summed E-state index contributed by atoms with van der Waals surface area (Å²) >= 11 is 0. The molecule has 0 aliphatic heterocycles. The van der Waals surface area contributed by atoms with Crippen molar-refractivity contribution in [1.29, 1.82) is 0 Å². The Hall–Kier alpha value is -0.830. The molecule has 2 rings (SSSR count). The summed E-state index contributed by atoms with van der Waals surface area (Å²) < 4.78 is 0. The smallest absolute Gasteiger partial charge is 0.250 e. The molecule has 3 heteroatoms. The zero-order valence-electron chi connectivity index (χ0n) is 9.60. The van der Waals surface area contributed by atoms with Crippen molar-refractivity contribution in [3.63, 3.8) is 0 Å². The van der Waals surface area contributed by atoms with Crippen LogP contribution in [-0.2, 0) is 4.79 Å². The molecule has 0 aromatic carbocycles. The van der Waals surface area contributed by atoms with Gasteiger partial charge in [0.2, 0.25) is 5.91 Å². The molecule has 1 saturated carbocycles. The molecule has 0 unspecified atom stereocenters. The van der Waals surface area contributed by atoms with Crippen LogP contribution in [0.25, 0.3) is 0 Å². The summed E-state index contributed by atoms with van der Waals surface area (Å²) in [5, 5.41) is 10.7. The lowest BCUT2D eigenvalue weighted by atomic mass is 9.91. The maximum atomic E-state index is 12.0. The summed E-state index contributed by atoms with van der Waals surface area (Å²) in [6.07, 6.45) is 6.34. The lowest BCUT2D eigenvalue weighted by Gasteiger charge is -2.32. The van der Waals surface area contributed by atoms with E-state index in [-0.39, 0.29) is 11.8 Å². The van der Waals surface area contributed by atoms with Gasteiger partial charge in [0.1, 0.15) is 0 Å². The first-order valence-electron chi connectivity index (χ1n) is 5.61. The largest absolute Gasteiger partial charge is 0.285 e. The number of allylic oxidation sites excluding steroid dienone is 2. The third-order valence-electron chi connectivity index (χ3n) is 3.44. The Bertz CT molecular complexity index is 303. The summed E-state index contributed by atoms with van der Waals surface area (Å²) in [4.78, 5) is 12.0. The fourth-order valence-electron chi connectivity index (χ4n) is 2.55. The van der Waals surface area contributed by atoms with E-state index in [0.717, 1.165) is 17.9 Å². The number of hydrogen-bond donors (Lipinski definition) is 1. The first-order chi connectivity index (χ1) is 6.89. The van der Waals surface area contributed by atoms with E-state index in [0.29, 0.717) is 11.8 Å². The SMILES string of the molecule is CC(C)(C)N(O)C(=O)[C@@H]1C[C@@H]2C=C[C@H]1C2. The van der Waals surface area contributed by atoms with Crippen molar-refractivity contribution in [2.45, 2.75) is 39.2 Å². The first-order valence-corrected chi connectivity index (χ1v) is 5.61. The van der Waals surface area contributed by atoms with Gasteiger partial charge >= 0.3 is 0 Å². The van der Waals surface area contributed by atoms with Crippen LogP contribution in [0.5, 0.6) is 0 Å². The van der Waals surface area contributed by atoms with E-state index >= 15 is 0 Å². The fraction of sp³-hybridized carbons (Fsp3) is 0.750. The van der Waals surface area contributed by atoms with E-state index in [9.17, 15) is 10.0 Å². The standard InChI is InChI=1S/C12H19NO2/c1-12(2,3)13(15)11(14)10-7-8-4-5-9(10)6-8/h4-5,8-10,15H,6-7H2,1-3H3/t8-,9+,10-/m1/s1. The molecular weight excluding hydrogens is 190 g/mol. The van der Waals surface area contributed by atoms with E-state index in [4.69, 9.17) is 0 Å². The average molecular weight is 209 g/mol. The Balaban J connectivity index is 2.06. The van der Waals surface area contributed by atoms with Crippen LogP contribution in [0.1, 0.15) is 33.6 Å². The fourth-order valence-corrected chi connectivity index (χ4v) is 2.55. The average Bonchev–Trinajstić information content (AvgIpc) is 2.74. The monoisotopic (exact) mass is 209 g/mol. The van der Waals surface area contributed by atoms with Gasteiger partial charge in [-0.15, -0.1) is 0 Å². The second-order valence-electron chi connectivity index (χ2n) is 5.71. The van der Waals surface area contributed by atoms with Crippen molar-refractivity contribution in [2.75, 3.05) is 0 Å².